The molecule has 1 saturated heterocycles. The Balaban J connectivity index is 1.69. The molecule has 2 heterocycles. The third-order valence-corrected chi connectivity index (χ3v) is 4.69. The van der Waals surface area contributed by atoms with E-state index in [1.165, 1.54) is 6.42 Å². The fourth-order valence-electron chi connectivity index (χ4n) is 3.09. The molecular formula is C15H23N3O3. The molecule has 1 aromatic rings. The van der Waals surface area contributed by atoms with Crippen LogP contribution in [0.5, 0.6) is 0 Å². The van der Waals surface area contributed by atoms with Gasteiger partial charge in [-0.3, -0.25) is 9.48 Å². The number of rotatable bonds is 5. The molecule has 1 amide bonds. The predicted octanol–water partition coefficient (Wildman–Crippen LogP) is 1.22. The fraction of sp³-hybridized carbons (Fsp3) is 0.733. The summed E-state index contributed by atoms with van der Waals surface area (Å²) in [6.45, 7) is 1.96. The number of aryl methyl sites for hydroxylation is 1. The summed E-state index contributed by atoms with van der Waals surface area (Å²) in [5, 5.41) is 7.47. The summed E-state index contributed by atoms with van der Waals surface area (Å²) in [5.41, 5.74) is 1.36. The normalized spacial score (nSPS) is 23.8. The van der Waals surface area contributed by atoms with E-state index in [2.05, 4.69) is 10.4 Å². The number of hydrogen-bond donors (Lipinski definition) is 1. The van der Waals surface area contributed by atoms with Gasteiger partial charge in [0.1, 0.15) is 0 Å². The summed E-state index contributed by atoms with van der Waals surface area (Å²) in [4.78, 5) is 12.5. The van der Waals surface area contributed by atoms with E-state index in [1.54, 1.807) is 18.0 Å². The van der Waals surface area contributed by atoms with Gasteiger partial charge in [0.2, 0.25) is 0 Å². The molecule has 0 aromatic carbocycles. The van der Waals surface area contributed by atoms with E-state index in [9.17, 15) is 4.79 Å². The van der Waals surface area contributed by atoms with Crippen molar-refractivity contribution in [3.05, 3.63) is 17.5 Å². The van der Waals surface area contributed by atoms with Gasteiger partial charge in [-0.2, -0.15) is 5.10 Å². The first-order valence-electron chi connectivity index (χ1n) is 7.58. The van der Waals surface area contributed by atoms with Crippen molar-refractivity contribution in [3.8, 4) is 0 Å². The Labute approximate surface area is 124 Å². The van der Waals surface area contributed by atoms with Gasteiger partial charge in [-0.05, 0) is 25.7 Å². The van der Waals surface area contributed by atoms with Crippen LogP contribution < -0.4 is 5.32 Å². The monoisotopic (exact) mass is 293 g/mol. The minimum Gasteiger partial charge on any atom is -0.381 e. The third kappa shape index (κ3) is 2.82. The van der Waals surface area contributed by atoms with Crippen LogP contribution in [0, 0.1) is 0 Å². The number of carbonyl (C=O) groups excluding carboxylic acids is 1. The van der Waals surface area contributed by atoms with Gasteiger partial charge in [0.25, 0.3) is 5.91 Å². The van der Waals surface area contributed by atoms with Crippen LogP contribution in [0.3, 0.4) is 0 Å². The highest BCUT2D eigenvalue weighted by atomic mass is 16.5. The van der Waals surface area contributed by atoms with Crippen LogP contribution in [-0.2, 0) is 16.5 Å². The quantitative estimate of drug-likeness (QED) is 0.886. The van der Waals surface area contributed by atoms with Gasteiger partial charge in [0.05, 0.1) is 23.5 Å². The maximum Gasteiger partial charge on any atom is 0.254 e. The maximum absolute atomic E-state index is 12.5. The molecule has 6 heteroatoms. The van der Waals surface area contributed by atoms with Crippen molar-refractivity contribution in [3.63, 3.8) is 0 Å². The van der Waals surface area contributed by atoms with Crippen LogP contribution in [0.2, 0.25) is 0 Å². The van der Waals surface area contributed by atoms with Gasteiger partial charge in [-0.15, -0.1) is 0 Å². The molecule has 0 spiro atoms. The summed E-state index contributed by atoms with van der Waals surface area (Å²) in [7, 11) is 3.56. The van der Waals surface area contributed by atoms with E-state index in [0.29, 0.717) is 18.7 Å². The first kappa shape index (κ1) is 14.5. The molecule has 1 aliphatic heterocycles. The second-order valence-corrected chi connectivity index (χ2v) is 6.09. The van der Waals surface area contributed by atoms with Crippen LogP contribution >= 0.6 is 0 Å². The lowest BCUT2D eigenvalue weighted by Crippen LogP contribution is -2.49. The highest BCUT2D eigenvalue weighted by Crippen LogP contribution is 2.34. The molecule has 0 radical (unpaired) electrons. The van der Waals surface area contributed by atoms with Crippen molar-refractivity contribution in [2.24, 2.45) is 7.05 Å². The Morgan fingerprint density at radius 2 is 2.43 bits per heavy atom. The number of nitrogens with one attached hydrogen (secondary N) is 1. The highest BCUT2D eigenvalue weighted by Gasteiger charge is 2.37. The summed E-state index contributed by atoms with van der Waals surface area (Å²) in [6, 6.07) is 0. The average Bonchev–Trinajstić information content (AvgIpc) is 3.06. The zero-order chi connectivity index (χ0) is 14.9. The van der Waals surface area contributed by atoms with Crippen molar-refractivity contribution in [2.45, 2.75) is 37.2 Å². The molecule has 1 atom stereocenters. The molecule has 6 nitrogen and oxygen atoms in total. The number of ether oxygens (including phenoxy) is 2. The molecule has 116 valence electrons. The van der Waals surface area contributed by atoms with Gasteiger partial charge in [0.15, 0.2) is 0 Å². The van der Waals surface area contributed by atoms with Gasteiger partial charge in [0, 0.05) is 39.4 Å². The molecule has 2 fully saturated rings. The van der Waals surface area contributed by atoms with Crippen molar-refractivity contribution >= 4 is 5.91 Å². The summed E-state index contributed by atoms with van der Waals surface area (Å²) >= 11 is 0. The zero-order valence-corrected chi connectivity index (χ0v) is 12.7. The number of carbonyl (C=O) groups is 1. The van der Waals surface area contributed by atoms with Crippen molar-refractivity contribution < 1.29 is 14.3 Å². The number of hydrogen-bond acceptors (Lipinski definition) is 4. The number of aromatic nitrogens is 2. The Morgan fingerprint density at radius 3 is 3.00 bits per heavy atom. The number of methoxy groups -OCH3 is 1. The lowest BCUT2D eigenvalue weighted by Gasteiger charge is -2.40. The second kappa shape index (κ2) is 5.77. The lowest BCUT2D eigenvalue weighted by atomic mass is 9.80. The maximum atomic E-state index is 12.5. The Morgan fingerprint density at radius 1 is 1.62 bits per heavy atom. The van der Waals surface area contributed by atoms with E-state index in [-0.39, 0.29) is 17.4 Å². The van der Waals surface area contributed by atoms with Crippen LogP contribution in [0.1, 0.15) is 47.7 Å². The van der Waals surface area contributed by atoms with Crippen molar-refractivity contribution in [2.75, 3.05) is 26.9 Å². The van der Waals surface area contributed by atoms with Crippen LogP contribution in [0.25, 0.3) is 0 Å². The summed E-state index contributed by atoms with van der Waals surface area (Å²) < 4.78 is 12.7. The van der Waals surface area contributed by atoms with Gasteiger partial charge < -0.3 is 14.8 Å². The highest BCUT2D eigenvalue weighted by molar-refractivity contribution is 5.95. The predicted molar refractivity (Wildman–Crippen MR) is 77.3 cm³/mol. The average molecular weight is 293 g/mol. The molecule has 1 N–H and O–H groups in total. The molecule has 21 heavy (non-hydrogen) atoms. The Bertz CT molecular complexity index is 511. The summed E-state index contributed by atoms with van der Waals surface area (Å²) in [5.74, 6) is 0.167. The van der Waals surface area contributed by atoms with Gasteiger partial charge in [-0.1, -0.05) is 0 Å². The summed E-state index contributed by atoms with van der Waals surface area (Å²) in [6.07, 6.45) is 5.92. The van der Waals surface area contributed by atoms with E-state index in [0.717, 1.165) is 31.6 Å². The Hall–Kier alpha value is -1.40. The minimum absolute atomic E-state index is 0.0617. The molecule has 1 saturated carbocycles. The van der Waals surface area contributed by atoms with Crippen LogP contribution in [-0.4, -0.2) is 48.2 Å². The first-order chi connectivity index (χ1) is 10.1. The first-order valence-corrected chi connectivity index (χ1v) is 7.58. The molecule has 0 bridgehead atoms. The van der Waals surface area contributed by atoms with Gasteiger partial charge >= 0.3 is 0 Å². The van der Waals surface area contributed by atoms with E-state index in [4.69, 9.17) is 9.47 Å². The third-order valence-electron chi connectivity index (χ3n) is 4.69. The van der Waals surface area contributed by atoms with Crippen molar-refractivity contribution in [1.82, 2.24) is 15.1 Å². The SMILES string of the molecule is COC1(CNC(=O)c2cn(C)nc2[C@H]2CCOC2)CCC1. The minimum atomic E-state index is -0.158. The van der Waals surface area contributed by atoms with Crippen LogP contribution in [0.4, 0.5) is 0 Å². The van der Waals surface area contributed by atoms with E-state index >= 15 is 0 Å². The molecule has 2 aliphatic rings. The Kier molecular flexibility index (Phi) is 3.99. The van der Waals surface area contributed by atoms with Gasteiger partial charge in [-0.25, -0.2) is 0 Å². The van der Waals surface area contributed by atoms with Crippen molar-refractivity contribution in [1.29, 1.82) is 0 Å². The molecular weight excluding hydrogens is 270 g/mol. The second-order valence-electron chi connectivity index (χ2n) is 6.09. The number of amides is 1. The molecule has 3 rings (SSSR count). The number of nitrogens with zero attached hydrogens (tertiary/aromatic N) is 2. The largest absolute Gasteiger partial charge is 0.381 e. The van der Waals surface area contributed by atoms with Crippen LogP contribution in [0.15, 0.2) is 6.20 Å². The fourth-order valence-corrected chi connectivity index (χ4v) is 3.09. The molecule has 0 unspecified atom stereocenters. The molecule has 1 aromatic heterocycles. The standard InChI is InChI=1S/C15H23N3O3/c1-18-8-12(13(17-18)11-4-7-21-9-11)14(19)16-10-15(20-2)5-3-6-15/h8,11H,3-7,9-10H2,1-2H3,(H,16,19)/t11-/m0/s1. The zero-order valence-electron chi connectivity index (χ0n) is 12.7. The van der Waals surface area contributed by atoms with E-state index < -0.39 is 0 Å². The smallest absolute Gasteiger partial charge is 0.254 e. The lowest BCUT2D eigenvalue weighted by molar-refractivity contribution is -0.0679. The topological polar surface area (TPSA) is 65.4 Å². The van der Waals surface area contributed by atoms with E-state index in [1.807, 2.05) is 7.05 Å². The molecule has 1 aliphatic carbocycles.